The molecule has 2 amide bonds. The number of ether oxygens (including phenoxy) is 2. The first kappa shape index (κ1) is 18.5. The molecule has 0 bridgehead atoms. The third kappa shape index (κ3) is 3.13. The number of fused-ring (bicyclic) bond motifs is 2. The number of carbonyl (C=O) groups excluding carboxylic acids is 2. The van der Waals surface area contributed by atoms with E-state index in [1.807, 2.05) is 25.1 Å². The topological polar surface area (TPSA) is 96.5 Å². The molecule has 0 radical (unpaired) electrons. The molecule has 0 fully saturated rings. The minimum absolute atomic E-state index is 0.0638. The smallest absolute Gasteiger partial charge is 0.272 e. The summed E-state index contributed by atoms with van der Waals surface area (Å²) < 4.78 is 11.6. The number of aromatic nitrogens is 2. The Morgan fingerprint density at radius 2 is 2.21 bits per heavy atom. The molecule has 2 aliphatic rings. The zero-order valence-corrected chi connectivity index (χ0v) is 16.2. The van der Waals surface area contributed by atoms with Crippen LogP contribution in [0.15, 0.2) is 24.3 Å². The van der Waals surface area contributed by atoms with Gasteiger partial charge < -0.3 is 19.7 Å². The van der Waals surface area contributed by atoms with E-state index in [0.717, 1.165) is 17.7 Å². The second-order valence-corrected chi connectivity index (χ2v) is 7.50. The predicted octanol–water partition coefficient (Wildman–Crippen LogP) is 1.80. The molecule has 2 atom stereocenters. The molecule has 3 heterocycles. The highest BCUT2D eigenvalue weighted by atomic mass is 16.5. The van der Waals surface area contributed by atoms with E-state index in [-0.39, 0.29) is 24.0 Å². The fraction of sp³-hybridized carbons (Fsp3) is 0.450. The van der Waals surface area contributed by atoms with Gasteiger partial charge in [-0.15, -0.1) is 0 Å². The summed E-state index contributed by atoms with van der Waals surface area (Å²) >= 11 is 0. The van der Waals surface area contributed by atoms with Crippen LogP contribution < -0.4 is 15.0 Å². The summed E-state index contributed by atoms with van der Waals surface area (Å²) in [6, 6.07) is 6.51. The van der Waals surface area contributed by atoms with E-state index >= 15 is 0 Å². The number of benzene rings is 1. The second-order valence-electron chi connectivity index (χ2n) is 7.50. The zero-order valence-electron chi connectivity index (χ0n) is 16.2. The van der Waals surface area contributed by atoms with Gasteiger partial charge in [0, 0.05) is 19.0 Å². The summed E-state index contributed by atoms with van der Waals surface area (Å²) in [4.78, 5) is 27.3. The number of nitrogens with zero attached hydrogens (tertiary/aromatic N) is 2. The minimum atomic E-state index is -0.797. The van der Waals surface area contributed by atoms with Gasteiger partial charge in [0.05, 0.1) is 23.6 Å². The molecule has 28 heavy (non-hydrogen) atoms. The number of hydrogen-bond acceptors (Lipinski definition) is 5. The van der Waals surface area contributed by atoms with Gasteiger partial charge in [0.15, 0.2) is 5.69 Å². The molecule has 0 unspecified atom stereocenters. The number of hydrogen-bond donors (Lipinski definition) is 2. The van der Waals surface area contributed by atoms with E-state index < -0.39 is 6.04 Å². The van der Waals surface area contributed by atoms with Crippen LogP contribution in [-0.2, 0) is 22.6 Å². The van der Waals surface area contributed by atoms with Crippen LogP contribution in [0.4, 0.5) is 5.69 Å². The average molecular weight is 384 g/mol. The number of H-pyrrole nitrogens is 1. The van der Waals surface area contributed by atoms with Crippen molar-refractivity contribution in [1.29, 1.82) is 0 Å². The molecule has 1 aromatic carbocycles. The lowest BCUT2D eigenvalue weighted by Gasteiger charge is -2.32. The third-order valence-electron chi connectivity index (χ3n) is 5.60. The molecule has 2 aliphatic heterocycles. The lowest BCUT2D eigenvalue weighted by atomic mass is 9.90. The fourth-order valence-corrected chi connectivity index (χ4v) is 3.58. The molecule has 2 N–H and O–H groups in total. The van der Waals surface area contributed by atoms with Gasteiger partial charge in [0.1, 0.15) is 18.4 Å². The van der Waals surface area contributed by atoms with E-state index in [1.54, 1.807) is 13.1 Å². The van der Waals surface area contributed by atoms with Crippen molar-refractivity contribution in [2.45, 2.75) is 44.9 Å². The van der Waals surface area contributed by atoms with Gasteiger partial charge in [0.25, 0.3) is 11.8 Å². The van der Waals surface area contributed by atoms with Crippen molar-refractivity contribution in [3.05, 3.63) is 41.2 Å². The number of anilines is 1. The van der Waals surface area contributed by atoms with Crippen molar-refractivity contribution in [3.63, 3.8) is 0 Å². The Labute approximate surface area is 163 Å². The van der Waals surface area contributed by atoms with Gasteiger partial charge in [-0.3, -0.25) is 14.7 Å². The first-order valence-electron chi connectivity index (χ1n) is 9.42. The van der Waals surface area contributed by atoms with E-state index in [1.165, 1.54) is 4.90 Å². The first-order chi connectivity index (χ1) is 13.4. The van der Waals surface area contributed by atoms with E-state index in [9.17, 15) is 9.59 Å². The van der Waals surface area contributed by atoms with Crippen LogP contribution in [0.1, 0.15) is 42.0 Å². The molecule has 1 aromatic heterocycles. The Balaban J connectivity index is 1.54. The molecular formula is C20H24N4O4. The quantitative estimate of drug-likeness (QED) is 0.841. The fourth-order valence-electron chi connectivity index (χ4n) is 3.58. The summed E-state index contributed by atoms with van der Waals surface area (Å²) in [5, 5.41) is 9.87. The molecule has 0 spiro atoms. The Kier molecular flexibility index (Phi) is 4.58. The van der Waals surface area contributed by atoms with Gasteiger partial charge in [-0.25, -0.2) is 0 Å². The number of amides is 2. The number of carbonyl (C=O) groups is 2. The van der Waals surface area contributed by atoms with E-state index in [4.69, 9.17) is 9.47 Å². The number of likely N-dealkylation sites (N-methyl/N-ethyl adjacent to an activating group) is 1. The van der Waals surface area contributed by atoms with Crippen LogP contribution in [0, 0.1) is 0 Å². The van der Waals surface area contributed by atoms with Crippen LogP contribution in [0.3, 0.4) is 0 Å². The SMILES string of the molecule is CC[C@]1(C)Cc2c(C(=O)N[C@H]3COc4ccccc4N(C)C3=O)n[nH]c2CO1. The maximum absolute atomic E-state index is 12.9. The molecular weight excluding hydrogens is 360 g/mol. The molecule has 4 rings (SSSR count). The van der Waals surface area contributed by atoms with Gasteiger partial charge >= 0.3 is 0 Å². The van der Waals surface area contributed by atoms with Crippen molar-refractivity contribution in [2.24, 2.45) is 0 Å². The molecule has 8 heteroatoms. The van der Waals surface area contributed by atoms with Gasteiger partial charge in [-0.05, 0) is 25.5 Å². The maximum Gasteiger partial charge on any atom is 0.272 e. The van der Waals surface area contributed by atoms with Crippen LogP contribution in [0.25, 0.3) is 0 Å². The molecule has 0 saturated carbocycles. The van der Waals surface area contributed by atoms with Gasteiger partial charge in [-0.2, -0.15) is 5.10 Å². The number of nitrogens with one attached hydrogen (secondary N) is 2. The molecule has 2 aromatic rings. The number of aromatic amines is 1. The van der Waals surface area contributed by atoms with Crippen molar-refractivity contribution in [2.75, 3.05) is 18.6 Å². The summed E-state index contributed by atoms with van der Waals surface area (Å²) in [5.74, 6) is -0.00768. The van der Waals surface area contributed by atoms with E-state index in [0.29, 0.717) is 30.2 Å². The minimum Gasteiger partial charge on any atom is -0.489 e. The second kappa shape index (κ2) is 6.94. The monoisotopic (exact) mass is 384 g/mol. The standard InChI is InChI=1S/C20H24N4O4/c1-4-20(2)9-12-13(11-28-20)22-23-17(12)18(25)21-14-10-27-16-8-6-5-7-15(16)24(3)19(14)26/h5-8,14H,4,9-11H2,1-3H3,(H,21,25)(H,22,23)/t14-,20+/m0/s1. The first-order valence-corrected chi connectivity index (χ1v) is 9.42. The summed E-state index contributed by atoms with van der Waals surface area (Å²) in [6.45, 7) is 4.54. The Hall–Kier alpha value is -2.87. The largest absolute Gasteiger partial charge is 0.489 e. The van der Waals surface area contributed by atoms with Crippen LogP contribution >= 0.6 is 0 Å². The van der Waals surface area contributed by atoms with Crippen LogP contribution in [0.5, 0.6) is 5.75 Å². The molecule has 0 saturated heterocycles. The Morgan fingerprint density at radius 1 is 1.43 bits per heavy atom. The third-order valence-corrected chi connectivity index (χ3v) is 5.60. The van der Waals surface area contributed by atoms with Gasteiger partial charge in [-0.1, -0.05) is 19.1 Å². The summed E-state index contributed by atoms with van der Waals surface area (Å²) in [7, 11) is 1.68. The van der Waals surface area contributed by atoms with Crippen molar-refractivity contribution in [1.82, 2.24) is 15.5 Å². The summed E-state index contributed by atoms with van der Waals surface area (Å²) in [5.41, 5.74) is 2.33. The lowest BCUT2D eigenvalue weighted by Crippen LogP contribution is -2.49. The van der Waals surface area contributed by atoms with Gasteiger partial charge in [0.2, 0.25) is 0 Å². The average Bonchev–Trinajstić information content (AvgIpc) is 3.08. The van der Waals surface area contributed by atoms with Crippen molar-refractivity contribution >= 4 is 17.5 Å². The Bertz CT molecular complexity index is 925. The number of rotatable bonds is 3. The van der Waals surface area contributed by atoms with Crippen molar-refractivity contribution in [3.8, 4) is 5.75 Å². The van der Waals surface area contributed by atoms with Crippen LogP contribution in [-0.4, -0.2) is 47.3 Å². The molecule has 148 valence electrons. The van der Waals surface area contributed by atoms with E-state index in [2.05, 4.69) is 22.4 Å². The van der Waals surface area contributed by atoms with Crippen molar-refractivity contribution < 1.29 is 19.1 Å². The lowest BCUT2D eigenvalue weighted by molar-refractivity contribution is -0.120. The zero-order chi connectivity index (χ0) is 19.9. The highest BCUT2D eigenvalue weighted by molar-refractivity contribution is 6.03. The highest BCUT2D eigenvalue weighted by Crippen LogP contribution is 2.32. The van der Waals surface area contributed by atoms with Crippen LogP contribution in [0.2, 0.25) is 0 Å². The molecule has 0 aliphatic carbocycles. The highest BCUT2D eigenvalue weighted by Gasteiger charge is 2.36. The number of para-hydroxylation sites is 2. The summed E-state index contributed by atoms with van der Waals surface area (Å²) in [6.07, 6.45) is 1.43. The predicted molar refractivity (Wildman–Crippen MR) is 102 cm³/mol. The Morgan fingerprint density at radius 3 is 3.00 bits per heavy atom. The molecule has 8 nitrogen and oxygen atoms in total. The maximum atomic E-state index is 12.9. The normalized spacial score (nSPS) is 24.0.